The molecule has 2 heterocycles. The van der Waals surface area contributed by atoms with Gasteiger partial charge in [-0.3, -0.25) is 19.8 Å². The summed E-state index contributed by atoms with van der Waals surface area (Å²) in [6, 6.07) is 13.4. The Bertz CT molecular complexity index is 1040. The molecule has 0 saturated carbocycles. The number of anilines is 1. The smallest absolute Gasteiger partial charge is 0.344 e. The van der Waals surface area contributed by atoms with Crippen LogP contribution in [0.15, 0.2) is 48.5 Å². The maximum absolute atomic E-state index is 12.9. The second-order valence-corrected chi connectivity index (χ2v) is 7.38. The molecule has 0 spiro atoms. The molecular formula is C21H20N4O5. The first-order valence-electron chi connectivity index (χ1n) is 9.44. The Kier molecular flexibility index (Phi) is 4.86. The van der Waals surface area contributed by atoms with Crippen LogP contribution in [0.25, 0.3) is 0 Å². The molecule has 9 heteroatoms. The Balaban J connectivity index is 1.44. The lowest BCUT2D eigenvalue weighted by Gasteiger charge is -2.22. The number of carbonyl (C=O) groups excluding carboxylic acids is 4. The van der Waals surface area contributed by atoms with Crippen LogP contribution in [0.4, 0.5) is 10.5 Å². The van der Waals surface area contributed by atoms with E-state index in [1.165, 1.54) is 18.2 Å². The predicted molar refractivity (Wildman–Crippen MR) is 107 cm³/mol. The quantitative estimate of drug-likeness (QED) is 0.650. The average molecular weight is 408 g/mol. The number of fused-ring (bicyclic) bond motifs is 1. The summed E-state index contributed by atoms with van der Waals surface area (Å²) in [6.07, 6.45) is 0.985. The van der Waals surface area contributed by atoms with E-state index in [1.54, 1.807) is 6.92 Å². The maximum Gasteiger partial charge on any atom is 0.344 e. The molecule has 1 fully saturated rings. The molecule has 0 bridgehead atoms. The van der Waals surface area contributed by atoms with Crippen molar-refractivity contribution in [3.63, 3.8) is 0 Å². The zero-order valence-corrected chi connectivity index (χ0v) is 16.2. The van der Waals surface area contributed by atoms with Crippen LogP contribution in [-0.2, 0) is 16.0 Å². The third-order valence-electron chi connectivity index (χ3n) is 5.11. The number of hydrazine groups is 1. The minimum absolute atomic E-state index is 0.148. The van der Waals surface area contributed by atoms with E-state index >= 15 is 0 Å². The van der Waals surface area contributed by atoms with Crippen molar-refractivity contribution in [2.24, 2.45) is 0 Å². The Morgan fingerprint density at radius 2 is 1.93 bits per heavy atom. The third-order valence-corrected chi connectivity index (χ3v) is 5.11. The van der Waals surface area contributed by atoms with Crippen LogP contribution in [0.1, 0.15) is 29.3 Å². The molecule has 0 unspecified atom stereocenters. The Morgan fingerprint density at radius 1 is 1.17 bits per heavy atom. The fraction of sp³-hybridized carbons (Fsp3) is 0.238. The van der Waals surface area contributed by atoms with E-state index in [-0.39, 0.29) is 18.1 Å². The van der Waals surface area contributed by atoms with E-state index in [2.05, 4.69) is 16.1 Å². The fourth-order valence-corrected chi connectivity index (χ4v) is 3.38. The highest BCUT2D eigenvalue weighted by atomic mass is 16.5. The molecule has 1 atom stereocenters. The molecule has 2 aromatic rings. The zero-order valence-electron chi connectivity index (χ0n) is 16.2. The molecule has 0 radical (unpaired) electrons. The van der Waals surface area contributed by atoms with E-state index in [1.807, 2.05) is 30.3 Å². The van der Waals surface area contributed by atoms with Gasteiger partial charge in [0.25, 0.3) is 17.7 Å². The number of ether oxygens (including phenoxy) is 1. The third kappa shape index (κ3) is 3.69. The number of imide groups is 1. The topological polar surface area (TPSA) is 117 Å². The van der Waals surface area contributed by atoms with Gasteiger partial charge in [0.15, 0.2) is 6.61 Å². The average Bonchev–Trinajstić information content (AvgIpc) is 2.96. The van der Waals surface area contributed by atoms with Crippen LogP contribution < -0.4 is 20.8 Å². The lowest BCUT2D eigenvalue weighted by Crippen LogP contribution is -2.49. The molecule has 3 N–H and O–H groups in total. The van der Waals surface area contributed by atoms with Crippen molar-refractivity contribution in [1.29, 1.82) is 0 Å². The number of amides is 5. The van der Waals surface area contributed by atoms with E-state index in [0.717, 1.165) is 5.56 Å². The molecule has 5 amide bonds. The first-order valence-corrected chi connectivity index (χ1v) is 9.44. The summed E-state index contributed by atoms with van der Waals surface area (Å²) in [5.41, 5.74) is 2.91. The van der Waals surface area contributed by atoms with Crippen molar-refractivity contribution in [3.8, 4) is 5.75 Å². The molecule has 2 aliphatic rings. The Hall–Kier alpha value is -3.88. The number of aryl methyl sites for hydroxylation is 1. The second-order valence-electron chi connectivity index (χ2n) is 7.38. The molecule has 2 aromatic carbocycles. The number of rotatable bonds is 5. The first kappa shape index (κ1) is 19.4. The lowest BCUT2D eigenvalue weighted by molar-refractivity contribution is -0.132. The van der Waals surface area contributed by atoms with E-state index < -0.39 is 23.4 Å². The number of urea groups is 1. The van der Waals surface area contributed by atoms with Crippen molar-refractivity contribution in [2.75, 3.05) is 11.9 Å². The summed E-state index contributed by atoms with van der Waals surface area (Å²) >= 11 is 0. The number of hydrogen-bond acceptors (Lipinski definition) is 5. The number of nitrogens with zero attached hydrogens (tertiary/aromatic N) is 1. The fourth-order valence-electron chi connectivity index (χ4n) is 3.38. The molecule has 4 rings (SSSR count). The van der Waals surface area contributed by atoms with Crippen molar-refractivity contribution in [2.45, 2.75) is 25.3 Å². The van der Waals surface area contributed by atoms with Gasteiger partial charge in [0.05, 0.1) is 5.69 Å². The van der Waals surface area contributed by atoms with E-state index in [0.29, 0.717) is 29.3 Å². The number of hydrogen-bond donors (Lipinski definition) is 3. The summed E-state index contributed by atoms with van der Waals surface area (Å²) in [4.78, 5) is 49.2. The van der Waals surface area contributed by atoms with Crippen LogP contribution in [-0.4, -0.2) is 40.9 Å². The molecule has 1 saturated heterocycles. The van der Waals surface area contributed by atoms with Gasteiger partial charge in [0, 0.05) is 5.56 Å². The van der Waals surface area contributed by atoms with Crippen LogP contribution in [0, 0.1) is 0 Å². The van der Waals surface area contributed by atoms with Crippen LogP contribution in [0.5, 0.6) is 5.75 Å². The van der Waals surface area contributed by atoms with Crippen LogP contribution in [0.2, 0.25) is 0 Å². The Labute approximate surface area is 172 Å². The van der Waals surface area contributed by atoms with Crippen molar-refractivity contribution < 1.29 is 23.9 Å². The van der Waals surface area contributed by atoms with E-state index in [4.69, 9.17) is 4.74 Å². The van der Waals surface area contributed by atoms with Gasteiger partial charge >= 0.3 is 6.03 Å². The highest BCUT2D eigenvalue weighted by Crippen LogP contribution is 2.29. The Morgan fingerprint density at radius 3 is 2.70 bits per heavy atom. The zero-order chi connectivity index (χ0) is 21.3. The van der Waals surface area contributed by atoms with Gasteiger partial charge in [0.1, 0.15) is 11.3 Å². The molecule has 9 nitrogen and oxygen atoms in total. The highest BCUT2D eigenvalue weighted by molar-refractivity contribution is 6.09. The summed E-state index contributed by atoms with van der Waals surface area (Å²) < 4.78 is 5.29. The first-order chi connectivity index (χ1) is 14.4. The molecular weight excluding hydrogens is 388 g/mol. The summed E-state index contributed by atoms with van der Waals surface area (Å²) in [7, 11) is 0. The van der Waals surface area contributed by atoms with Gasteiger partial charge in [-0.1, -0.05) is 30.3 Å². The minimum atomic E-state index is -1.12. The number of nitrogens with one attached hydrogen (secondary N) is 3. The SMILES string of the molecule is C[C@@]1(CCc2ccccc2)NC(=O)N(NC(=O)c2ccc3c(c2)OCC(=O)N3)C1=O. The predicted octanol–water partition coefficient (Wildman–Crippen LogP) is 1.61. The number of carbonyl (C=O) groups is 4. The van der Waals surface area contributed by atoms with Crippen molar-refractivity contribution in [3.05, 3.63) is 59.7 Å². The van der Waals surface area contributed by atoms with Crippen LogP contribution >= 0.6 is 0 Å². The lowest BCUT2D eigenvalue weighted by atomic mass is 9.93. The van der Waals surface area contributed by atoms with Crippen LogP contribution in [0.3, 0.4) is 0 Å². The molecule has 2 aliphatic heterocycles. The molecule has 0 aromatic heterocycles. The molecule has 0 aliphatic carbocycles. The maximum atomic E-state index is 12.9. The number of benzene rings is 2. The van der Waals surface area contributed by atoms with Gasteiger partial charge in [-0.15, -0.1) is 0 Å². The van der Waals surface area contributed by atoms with Gasteiger partial charge in [-0.2, -0.15) is 5.01 Å². The van der Waals surface area contributed by atoms with E-state index in [9.17, 15) is 19.2 Å². The second kappa shape index (κ2) is 7.51. The normalized spacial score (nSPS) is 20.2. The monoisotopic (exact) mass is 408 g/mol. The van der Waals surface area contributed by atoms with Gasteiger partial charge in [0.2, 0.25) is 0 Å². The van der Waals surface area contributed by atoms with Gasteiger partial charge in [-0.05, 0) is 43.5 Å². The van der Waals surface area contributed by atoms with Crippen molar-refractivity contribution in [1.82, 2.24) is 15.8 Å². The summed E-state index contributed by atoms with van der Waals surface area (Å²) in [5, 5.41) is 5.99. The summed E-state index contributed by atoms with van der Waals surface area (Å²) in [5.74, 6) is -1.12. The van der Waals surface area contributed by atoms with Gasteiger partial charge < -0.3 is 15.4 Å². The highest BCUT2D eigenvalue weighted by Gasteiger charge is 2.48. The molecule has 154 valence electrons. The minimum Gasteiger partial charge on any atom is -0.482 e. The largest absolute Gasteiger partial charge is 0.482 e. The standard InChI is InChI=1S/C21H20N4O5/c1-21(10-9-13-5-3-2-4-6-13)19(28)25(20(29)23-21)24-18(27)14-7-8-15-16(11-14)30-12-17(26)22-15/h2-8,11H,9-10,12H2,1H3,(H,22,26)(H,23,29)(H,24,27)/t21-/m0/s1. The molecule has 30 heavy (non-hydrogen) atoms. The summed E-state index contributed by atoms with van der Waals surface area (Å²) in [6.45, 7) is 1.49. The van der Waals surface area contributed by atoms with Crippen molar-refractivity contribution >= 4 is 29.4 Å². The van der Waals surface area contributed by atoms with Gasteiger partial charge in [-0.25, -0.2) is 4.79 Å².